The molecule has 0 spiro atoms. The second-order valence-corrected chi connectivity index (χ2v) is 9.08. The number of aryl methyl sites for hydroxylation is 1. The number of allylic oxidation sites excluding steroid dienone is 2. The highest BCUT2D eigenvalue weighted by Gasteiger charge is 2.19. The molecule has 0 radical (unpaired) electrons. The average molecular weight is 417 g/mol. The number of para-hydroxylation sites is 1. The SMILES string of the molecule is Cc1ncc(-c2nc(NC3=CCc4[nH]c5ccccc5c4C3)c3ncsc3n2)s1. The first-order valence-electron chi connectivity index (χ1n) is 9.33. The molecular formula is C21H16N6S2. The molecule has 1 aliphatic carbocycles. The summed E-state index contributed by atoms with van der Waals surface area (Å²) in [6, 6.07) is 8.47. The Balaban J connectivity index is 1.38. The molecule has 29 heavy (non-hydrogen) atoms. The van der Waals surface area contributed by atoms with Gasteiger partial charge in [0.1, 0.15) is 10.3 Å². The number of anilines is 1. The number of benzene rings is 1. The minimum Gasteiger partial charge on any atom is -0.358 e. The van der Waals surface area contributed by atoms with Crippen LogP contribution in [0.25, 0.3) is 32.0 Å². The fraction of sp³-hybridized carbons (Fsp3) is 0.143. The molecular weight excluding hydrogens is 400 g/mol. The summed E-state index contributed by atoms with van der Waals surface area (Å²) >= 11 is 3.13. The average Bonchev–Trinajstić information content (AvgIpc) is 3.45. The minimum atomic E-state index is 0.694. The van der Waals surface area contributed by atoms with Crippen molar-refractivity contribution in [3.8, 4) is 10.7 Å². The lowest BCUT2D eigenvalue weighted by Crippen LogP contribution is -2.11. The lowest BCUT2D eigenvalue weighted by Gasteiger charge is -2.16. The van der Waals surface area contributed by atoms with Crippen molar-refractivity contribution in [3.05, 3.63) is 64.0 Å². The number of aromatic nitrogens is 5. The van der Waals surface area contributed by atoms with Crippen LogP contribution in [0.15, 0.2) is 47.7 Å². The molecule has 4 aromatic heterocycles. The van der Waals surface area contributed by atoms with E-state index in [2.05, 4.69) is 50.6 Å². The maximum Gasteiger partial charge on any atom is 0.174 e. The summed E-state index contributed by atoms with van der Waals surface area (Å²) in [5.41, 5.74) is 7.61. The van der Waals surface area contributed by atoms with Crippen molar-refractivity contribution in [2.45, 2.75) is 19.8 Å². The van der Waals surface area contributed by atoms with Crippen molar-refractivity contribution in [1.82, 2.24) is 24.9 Å². The number of fused-ring (bicyclic) bond motifs is 4. The first-order valence-corrected chi connectivity index (χ1v) is 11.0. The van der Waals surface area contributed by atoms with Gasteiger partial charge in [0.05, 0.1) is 15.4 Å². The van der Waals surface area contributed by atoms with E-state index in [1.165, 1.54) is 33.5 Å². The zero-order valence-electron chi connectivity index (χ0n) is 15.6. The predicted molar refractivity (Wildman–Crippen MR) is 118 cm³/mol. The first kappa shape index (κ1) is 16.8. The first-order chi connectivity index (χ1) is 14.2. The highest BCUT2D eigenvalue weighted by molar-refractivity contribution is 7.16. The van der Waals surface area contributed by atoms with Crippen LogP contribution in [0.1, 0.15) is 16.3 Å². The number of hydrogen-bond acceptors (Lipinski definition) is 7. The van der Waals surface area contributed by atoms with Crippen LogP contribution in [0.2, 0.25) is 0 Å². The number of nitrogens with zero attached hydrogens (tertiary/aromatic N) is 4. The van der Waals surface area contributed by atoms with Crippen molar-refractivity contribution >= 4 is 49.7 Å². The molecule has 0 atom stereocenters. The molecule has 0 amide bonds. The number of rotatable bonds is 3. The molecule has 6 nitrogen and oxygen atoms in total. The van der Waals surface area contributed by atoms with Crippen LogP contribution < -0.4 is 5.32 Å². The molecule has 5 aromatic rings. The van der Waals surface area contributed by atoms with E-state index in [1.54, 1.807) is 11.3 Å². The summed E-state index contributed by atoms with van der Waals surface area (Å²) in [6.45, 7) is 1.99. The number of nitrogens with one attached hydrogen (secondary N) is 2. The smallest absolute Gasteiger partial charge is 0.174 e. The fourth-order valence-electron chi connectivity index (χ4n) is 3.79. The van der Waals surface area contributed by atoms with E-state index in [1.807, 2.05) is 18.6 Å². The second kappa shape index (κ2) is 6.47. The molecule has 1 aromatic carbocycles. The zero-order valence-corrected chi connectivity index (χ0v) is 17.2. The van der Waals surface area contributed by atoms with Gasteiger partial charge in [-0.3, -0.25) is 0 Å². The predicted octanol–water partition coefficient (Wildman–Crippen LogP) is 5.09. The Labute approximate surface area is 174 Å². The zero-order chi connectivity index (χ0) is 19.4. The van der Waals surface area contributed by atoms with E-state index in [4.69, 9.17) is 9.97 Å². The van der Waals surface area contributed by atoms with Crippen molar-refractivity contribution in [1.29, 1.82) is 0 Å². The van der Waals surface area contributed by atoms with Gasteiger partial charge < -0.3 is 10.3 Å². The number of hydrogen-bond donors (Lipinski definition) is 2. The molecule has 0 aliphatic heterocycles. The van der Waals surface area contributed by atoms with Crippen LogP contribution in [-0.2, 0) is 12.8 Å². The molecule has 0 bridgehead atoms. The molecule has 6 rings (SSSR count). The Hall–Kier alpha value is -3.10. The van der Waals surface area contributed by atoms with Crippen LogP contribution in [0.5, 0.6) is 0 Å². The monoisotopic (exact) mass is 416 g/mol. The molecule has 0 saturated carbocycles. The Morgan fingerprint density at radius 1 is 1.14 bits per heavy atom. The molecule has 142 valence electrons. The fourth-order valence-corrected chi connectivity index (χ4v) is 5.16. The third-order valence-electron chi connectivity index (χ3n) is 5.14. The minimum absolute atomic E-state index is 0.694. The van der Waals surface area contributed by atoms with Gasteiger partial charge in [-0.2, -0.15) is 0 Å². The largest absolute Gasteiger partial charge is 0.358 e. The summed E-state index contributed by atoms with van der Waals surface area (Å²) < 4.78 is 0. The van der Waals surface area contributed by atoms with Gasteiger partial charge in [-0.15, -0.1) is 22.7 Å². The molecule has 8 heteroatoms. The van der Waals surface area contributed by atoms with E-state index in [9.17, 15) is 0 Å². The lowest BCUT2D eigenvalue weighted by atomic mass is 9.98. The van der Waals surface area contributed by atoms with Gasteiger partial charge in [0.2, 0.25) is 0 Å². The van der Waals surface area contributed by atoms with Crippen molar-refractivity contribution in [3.63, 3.8) is 0 Å². The van der Waals surface area contributed by atoms with E-state index in [0.29, 0.717) is 5.82 Å². The third-order valence-corrected chi connectivity index (χ3v) is 6.77. The maximum absolute atomic E-state index is 4.80. The van der Waals surface area contributed by atoms with E-state index < -0.39 is 0 Å². The van der Waals surface area contributed by atoms with Crippen LogP contribution >= 0.6 is 22.7 Å². The second-order valence-electron chi connectivity index (χ2n) is 7.01. The summed E-state index contributed by atoms with van der Waals surface area (Å²) in [4.78, 5) is 23.7. The summed E-state index contributed by atoms with van der Waals surface area (Å²) in [6.07, 6.45) is 5.78. The van der Waals surface area contributed by atoms with E-state index >= 15 is 0 Å². The Bertz CT molecular complexity index is 1410. The Morgan fingerprint density at radius 3 is 2.97 bits per heavy atom. The number of thiazole rings is 2. The normalized spacial score (nSPS) is 13.6. The number of H-pyrrole nitrogens is 1. The van der Waals surface area contributed by atoms with Gasteiger partial charge in [0.15, 0.2) is 11.6 Å². The summed E-state index contributed by atoms with van der Waals surface area (Å²) in [7, 11) is 0. The van der Waals surface area contributed by atoms with Crippen molar-refractivity contribution in [2.24, 2.45) is 0 Å². The summed E-state index contributed by atoms with van der Waals surface area (Å²) in [5, 5.41) is 5.84. The van der Waals surface area contributed by atoms with E-state index in [-0.39, 0.29) is 0 Å². The topological polar surface area (TPSA) is 79.4 Å². The van der Waals surface area contributed by atoms with Gasteiger partial charge >= 0.3 is 0 Å². The van der Waals surface area contributed by atoms with Gasteiger partial charge in [-0.1, -0.05) is 24.3 Å². The van der Waals surface area contributed by atoms with Gasteiger partial charge in [0, 0.05) is 41.3 Å². The lowest BCUT2D eigenvalue weighted by molar-refractivity contribution is 1.000. The van der Waals surface area contributed by atoms with Crippen molar-refractivity contribution in [2.75, 3.05) is 5.32 Å². The molecule has 4 heterocycles. The maximum atomic E-state index is 4.80. The molecule has 1 aliphatic rings. The standard InChI is InChI=1S/C21H16N6S2/c1-11-22-9-17(29-11)19-26-20(18-21(27-19)28-10-23-18)24-12-6-7-16-14(8-12)13-4-2-3-5-15(13)25-16/h2-6,9-10,25H,7-8H2,1H3,(H,24,26,27). The van der Waals surface area contributed by atoms with Crippen molar-refractivity contribution < 1.29 is 0 Å². The van der Waals surface area contributed by atoms with Gasteiger partial charge in [-0.25, -0.2) is 19.9 Å². The van der Waals surface area contributed by atoms with Gasteiger partial charge in [-0.05, 0) is 18.6 Å². The molecule has 0 fully saturated rings. The quantitative estimate of drug-likeness (QED) is 0.428. The van der Waals surface area contributed by atoms with Crippen LogP contribution in [0, 0.1) is 6.92 Å². The van der Waals surface area contributed by atoms with Crippen LogP contribution in [-0.4, -0.2) is 24.9 Å². The summed E-state index contributed by atoms with van der Waals surface area (Å²) in [5.74, 6) is 1.45. The Morgan fingerprint density at radius 2 is 2.07 bits per heavy atom. The number of aromatic amines is 1. The van der Waals surface area contributed by atoms with Crippen LogP contribution in [0.4, 0.5) is 5.82 Å². The molecule has 0 unspecified atom stereocenters. The van der Waals surface area contributed by atoms with E-state index in [0.717, 1.165) is 44.6 Å². The highest BCUT2D eigenvalue weighted by Crippen LogP contribution is 2.32. The molecule has 0 saturated heterocycles. The Kier molecular flexibility index (Phi) is 3.75. The third kappa shape index (κ3) is 2.83. The van der Waals surface area contributed by atoms with Crippen LogP contribution in [0.3, 0.4) is 0 Å². The molecule has 2 N–H and O–H groups in total. The van der Waals surface area contributed by atoms with Gasteiger partial charge in [0.25, 0.3) is 0 Å². The highest BCUT2D eigenvalue weighted by atomic mass is 32.1.